The number of amides is 2. The van der Waals surface area contributed by atoms with E-state index in [1.54, 1.807) is 13.3 Å². The lowest BCUT2D eigenvalue weighted by Gasteiger charge is -2.19. The largest absolute Gasteiger partial charge is 0.497 e. The molecule has 1 aliphatic carbocycles. The van der Waals surface area contributed by atoms with Crippen molar-refractivity contribution in [2.75, 3.05) is 12.4 Å². The Hall–Kier alpha value is -2.83. The number of ether oxygens (including phenoxy) is 1. The van der Waals surface area contributed by atoms with E-state index in [2.05, 4.69) is 15.7 Å². The third-order valence-electron chi connectivity index (χ3n) is 4.89. The standard InChI is InChI=1S/C20H26N4O3/c1-14(25)22-18(15-7-9-17(27-2)10-8-15)13-20(26)23-19-11-12-21-24(19)16-5-3-4-6-16/h7-12,16,18H,3-6,13H2,1-2H3,(H,22,25)(H,23,26). The third kappa shape index (κ3) is 4.87. The Morgan fingerprint density at radius 1 is 1.22 bits per heavy atom. The Morgan fingerprint density at radius 2 is 1.93 bits per heavy atom. The van der Waals surface area contributed by atoms with Crippen LogP contribution in [0.1, 0.15) is 56.7 Å². The Morgan fingerprint density at radius 3 is 2.56 bits per heavy atom. The highest BCUT2D eigenvalue weighted by atomic mass is 16.5. The first-order valence-electron chi connectivity index (χ1n) is 9.31. The molecule has 1 fully saturated rings. The second-order valence-electron chi connectivity index (χ2n) is 6.88. The monoisotopic (exact) mass is 370 g/mol. The van der Waals surface area contributed by atoms with E-state index in [0.717, 1.165) is 24.2 Å². The van der Waals surface area contributed by atoms with Crippen LogP contribution in [-0.2, 0) is 9.59 Å². The Balaban J connectivity index is 1.69. The molecule has 144 valence electrons. The minimum absolute atomic E-state index is 0.141. The highest BCUT2D eigenvalue weighted by Gasteiger charge is 2.22. The van der Waals surface area contributed by atoms with Crippen molar-refractivity contribution in [2.24, 2.45) is 0 Å². The molecule has 2 amide bonds. The molecule has 2 N–H and O–H groups in total. The van der Waals surface area contributed by atoms with Crippen LogP contribution < -0.4 is 15.4 Å². The van der Waals surface area contributed by atoms with Gasteiger partial charge in [0.05, 0.1) is 31.8 Å². The first kappa shape index (κ1) is 18.9. The smallest absolute Gasteiger partial charge is 0.227 e. The summed E-state index contributed by atoms with van der Waals surface area (Å²) < 4.78 is 7.08. The number of anilines is 1. The summed E-state index contributed by atoms with van der Waals surface area (Å²) in [5, 5.41) is 10.2. The average molecular weight is 370 g/mol. The highest BCUT2D eigenvalue weighted by molar-refractivity contribution is 5.90. The number of rotatable bonds is 7. The van der Waals surface area contributed by atoms with Crippen LogP contribution in [0.2, 0.25) is 0 Å². The lowest BCUT2D eigenvalue weighted by molar-refractivity contribution is -0.120. The number of carbonyl (C=O) groups excluding carboxylic acids is 2. The van der Waals surface area contributed by atoms with Crippen molar-refractivity contribution >= 4 is 17.6 Å². The van der Waals surface area contributed by atoms with E-state index in [0.29, 0.717) is 11.9 Å². The number of hydrogen-bond donors (Lipinski definition) is 2. The van der Waals surface area contributed by atoms with Gasteiger partial charge in [0, 0.05) is 13.0 Å². The Kier molecular flexibility index (Phi) is 6.11. The van der Waals surface area contributed by atoms with Crippen LogP contribution in [0.25, 0.3) is 0 Å². The number of nitrogens with one attached hydrogen (secondary N) is 2. The van der Waals surface area contributed by atoms with Gasteiger partial charge in [-0.3, -0.25) is 9.59 Å². The van der Waals surface area contributed by atoms with E-state index in [9.17, 15) is 9.59 Å². The predicted octanol–water partition coefficient (Wildman–Crippen LogP) is 3.21. The summed E-state index contributed by atoms with van der Waals surface area (Å²) in [7, 11) is 1.60. The van der Waals surface area contributed by atoms with Crippen molar-refractivity contribution in [3.05, 3.63) is 42.1 Å². The summed E-state index contributed by atoms with van der Waals surface area (Å²) in [5.74, 6) is 1.09. The maximum Gasteiger partial charge on any atom is 0.227 e. The molecular formula is C20H26N4O3. The van der Waals surface area contributed by atoms with E-state index in [1.165, 1.54) is 19.8 Å². The van der Waals surface area contributed by atoms with E-state index in [1.807, 2.05) is 35.0 Å². The summed E-state index contributed by atoms with van der Waals surface area (Å²) in [6.07, 6.45) is 6.42. The van der Waals surface area contributed by atoms with E-state index in [-0.39, 0.29) is 18.2 Å². The van der Waals surface area contributed by atoms with Crippen LogP contribution in [0.15, 0.2) is 36.5 Å². The van der Waals surface area contributed by atoms with Gasteiger partial charge in [0.1, 0.15) is 11.6 Å². The van der Waals surface area contributed by atoms with Crippen molar-refractivity contribution in [3.8, 4) is 5.75 Å². The van der Waals surface area contributed by atoms with Crippen molar-refractivity contribution in [1.82, 2.24) is 15.1 Å². The summed E-state index contributed by atoms with van der Waals surface area (Å²) >= 11 is 0. The highest BCUT2D eigenvalue weighted by Crippen LogP contribution is 2.31. The molecule has 0 bridgehead atoms. The molecule has 0 spiro atoms. The zero-order chi connectivity index (χ0) is 19.2. The van der Waals surface area contributed by atoms with Gasteiger partial charge in [-0.05, 0) is 30.5 Å². The normalized spacial score (nSPS) is 15.3. The SMILES string of the molecule is COc1ccc(C(CC(=O)Nc2ccnn2C2CCCC2)NC(C)=O)cc1. The van der Waals surface area contributed by atoms with Gasteiger partial charge >= 0.3 is 0 Å². The zero-order valence-corrected chi connectivity index (χ0v) is 15.8. The molecule has 1 unspecified atom stereocenters. The van der Waals surface area contributed by atoms with Crippen molar-refractivity contribution < 1.29 is 14.3 Å². The number of methoxy groups -OCH3 is 1. The zero-order valence-electron chi connectivity index (χ0n) is 15.8. The van der Waals surface area contributed by atoms with Crippen molar-refractivity contribution in [2.45, 2.75) is 51.1 Å². The summed E-state index contributed by atoms with van der Waals surface area (Å²) in [6.45, 7) is 1.45. The molecular weight excluding hydrogens is 344 g/mol. The second kappa shape index (κ2) is 8.70. The summed E-state index contributed by atoms with van der Waals surface area (Å²) in [5.41, 5.74) is 0.852. The van der Waals surface area contributed by atoms with Gasteiger partial charge in [-0.25, -0.2) is 4.68 Å². The minimum Gasteiger partial charge on any atom is -0.497 e. The molecule has 1 atom stereocenters. The molecule has 0 radical (unpaired) electrons. The van der Waals surface area contributed by atoms with Crippen molar-refractivity contribution in [1.29, 1.82) is 0 Å². The number of benzene rings is 1. The van der Waals surface area contributed by atoms with E-state index >= 15 is 0 Å². The maximum absolute atomic E-state index is 12.6. The van der Waals surface area contributed by atoms with Crippen LogP contribution >= 0.6 is 0 Å². The molecule has 1 saturated carbocycles. The first-order chi connectivity index (χ1) is 13.1. The van der Waals surface area contributed by atoms with Crippen LogP contribution in [0, 0.1) is 0 Å². The molecule has 1 heterocycles. The first-order valence-corrected chi connectivity index (χ1v) is 9.31. The topological polar surface area (TPSA) is 85.2 Å². The van der Waals surface area contributed by atoms with Crippen LogP contribution in [-0.4, -0.2) is 28.7 Å². The second-order valence-corrected chi connectivity index (χ2v) is 6.88. The van der Waals surface area contributed by atoms with Gasteiger partial charge in [0.15, 0.2) is 0 Å². The fourth-order valence-electron chi connectivity index (χ4n) is 3.57. The van der Waals surface area contributed by atoms with Crippen LogP contribution in [0.3, 0.4) is 0 Å². The van der Waals surface area contributed by atoms with Crippen molar-refractivity contribution in [3.63, 3.8) is 0 Å². The number of carbonyl (C=O) groups is 2. The maximum atomic E-state index is 12.6. The van der Waals surface area contributed by atoms with E-state index in [4.69, 9.17) is 4.74 Å². The lowest BCUT2D eigenvalue weighted by Crippen LogP contribution is -2.30. The molecule has 1 aliphatic rings. The molecule has 7 heteroatoms. The number of hydrogen-bond acceptors (Lipinski definition) is 4. The van der Waals surface area contributed by atoms with Gasteiger partial charge in [0.2, 0.25) is 11.8 Å². The molecule has 0 aliphatic heterocycles. The summed E-state index contributed by atoms with van der Waals surface area (Å²) in [4.78, 5) is 24.2. The lowest BCUT2D eigenvalue weighted by atomic mass is 10.0. The molecule has 1 aromatic heterocycles. The fourth-order valence-corrected chi connectivity index (χ4v) is 3.57. The van der Waals surface area contributed by atoms with E-state index < -0.39 is 6.04 Å². The Labute approximate surface area is 159 Å². The number of aromatic nitrogens is 2. The van der Waals surface area contributed by atoms with Crippen LogP contribution in [0.4, 0.5) is 5.82 Å². The number of nitrogens with zero attached hydrogens (tertiary/aromatic N) is 2. The van der Waals surface area contributed by atoms with Gasteiger partial charge in [0.25, 0.3) is 0 Å². The van der Waals surface area contributed by atoms with Gasteiger partial charge in [-0.1, -0.05) is 25.0 Å². The Bertz CT molecular complexity index is 779. The van der Waals surface area contributed by atoms with Crippen LogP contribution in [0.5, 0.6) is 5.75 Å². The molecule has 7 nitrogen and oxygen atoms in total. The molecule has 0 saturated heterocycles. The predicted molar refractivity (Wildman–Crippen MR) is 103 cm³/mol. The quantitative estimate of drug-likeness (QED) is 0.784. The van der Waals surface area contributed by atoms with Gasteiger partial charge < -0.3 is 15.4 Å². The summed E-state index contributed by atoms with van der Waals surface area (Å²) in [6, 6.07) is 9.11. The molecule has 1 aromatic carbocycles. The van der Waals surface area contributed by atoms with Gasteiger partial charge in [-0.2, -0.15) is 5.10 Å². The molecule has 27 heavy (non-hydrogen) atoms. The van der Waals surface area contributed by atoms with Gasteiger partial charge in [-0.15, -0.1) is 0 Å². The average Bonchev–Trinajstić information content (AvgIpc) is 3.32. The third-order valence-corrected chi connectivity index (χ3v) is 4.89. The fraction of sp³-hybridized carbons (Fsp3) is 0.450. The minimum atomic E-state index is -0.406. The molecule has 3 rings (SSSR count). The molecule has 2 aromatic rings.